The van der Waals surface area contributed by atoms with E-state index in [4.69, 9.17) is 9.15 Å². The highest BCUT2D eigenvalue weighted by atomic mass is 32.2. The van der Waals surface area contributed by atoms with Crippen LogP contribution in [0.15, 0.2) is 59.0 Å². The lowest BCUT2D eigenvalue weighted by atomic mass is 10.0. The molecule has 0 amide bonds. The number of nitrogens with one attached hydrogen (secondary N) is 1. The van der Waals surface area contributed by atoms with E-state index in [9.17, 15) is 5.11 Å². The summed E-state index contributed by atoms with van der Waals surface area (Å²) in [4.78, 5) is 2.38. The van der Waals surface area contributed by atoms with Crippen LogP contribution in [-0.2, 0) is 5.75 Å². The smallest absolute Gasteiger partial charge is 0.247 e. The van der Waals surface area contributed by atoms with Gasteiger partial charge in [0.05, 0.1) is 19.0 Å². The first-order chi connectivity index (χ1) is 16.6. The van der Waals surface area contributed by atoms with Crippen LogP contribution in [-0.4, -0.2) is 59.4 Å². The number of rotatable bonds is 12. The van der Waals surface area contributed by atoms with Crippen LogP contribution >= 0.6 is 11.8 Å². The Labute approximate surface area is 205 Å². The monoisotopic (exact) mass is 482 g/mol. The molecule has 2 aromatic carbocycles. The average molecular weight is 483 g/mol. The zero-order chi connectivity index (χ0) is 23.8. The van der Waals surface area contributed by atoms with Gasteiger partial charge in [-0.05, 0) is 48.7 Å². The van der Waals surface area contributed by atoms with Crippen LogP contribution in [0, 0.1) is 5.92 Å². The summed E-state index contributed by atoms with van der Waals surface area (Å²) in [6.07, 6.45) is 1.08. The van der Waals surface area contributed by atoms with E-state index in [1.165, 1.54) is 5.69 Å². The van der Waals surface area contributed by atoms with Crippen molar-refractivity contribution in [2.45, 2.75) is 38.1 Å². The van der Waals surface area contributed by atoms with Crippen molar-refractivity contribution < 1.29 is 14.3 Å². The summed E-state index contributed by atoms with van der Waals surface area (Å²) in [5, 5.41) is 21.6. The third-order valence-corrected chi connectivity index (χ3v) is 6.96. The molecule has 0 saturated carbocycles. The molecule has 2 unspecified atom stereocenters. The van der Waals surface area contributed by atoms with Gasteiger partial charge >= 0.3 is 0 Å². The molecule has 2 atom stereocenters. The molecule has 4 rings (SSSR count). The van der Waals surface area contributed by atoms with Gasteiger partial charge in [-0.1, -0.05) is 32.0 Å². The van der Waals surface area contributed by atoms with Gasteiger partial charge < -0.3 is 24.5 Å². The highest BCUT2D eigenvalue weighted by Gasteiger charge is 2.25. The molecular weight excluding hydrogens is 448 g/mol. The van der Waals surface area contributed by atoms with Crippen LogP contribution < -0.4 is 15.0 Å². The molecule has 0 radical (unpaired) electrons. The summed E-state index contributed by atoms with van der Waals surface area (Å²) in [6.45, 7) is 7.04. The van der Waals surface area contributed by atoms with Crippen molar-refractivity contribution in [1.82, 2.24) is 15.5 Å². The largest absolute Gasteiger partial charge is 0.493 e. The van der Waals surface area contributed by atoms with Crippen molar-refractivity contribution in [3.8, 4) is 17.2 Å². The van der Waals surface area contributed by atoms with Crippen molar-refractivity contribution >= 4 is 17.4 Å². The maximum Gasteiger partial charge on any atom is 0.247 e. The Balaban J connectivity index is 1.23. The molecule has 0 spiro atoms. The van der Waals surface area contributed by atoms with Crippen molar-refractivity contribution in [1.29, 1.82) is 0 Å². The maximum atomic E-state index is 9.59. The first-order valence-corrected chi connectivity index (χ1v) is 13.1. The van der Waals surface area contributed by atoms with E-state index in [0.29, 0.717) is 36.1 Å². The highest BCUT2D eigenvalue weighted by molar-refractivity contribution is 7.98. The lowest BCUT2D eigenvalue weighted by Gasteiger charge is -2.25. The second kappa shape index (κ2) is 12.2. The van der Waals surface area contributed by atoms with Gasteiger partial charge in [-0.25, -0.2) is 0 Å². The van der Waals surface area contributed by atoms with E-state index in [1.807, 2.05) is 42.5 Å². The van der Waals surface area contributed by atoms with Crippen molar-refractivity contribution in [3.63, 3.8) is 0 Å². The third kappa shape index (κ3) is 6.74. The van der Waals surface area contributed by atoms with Crippen molar-refractivity contribution in [3.05, 3.63) is 60.5 Å². The number of aliphatic hydroxyl groups is 1. The van der Waals surface area contributed by atoms with E-state index >= 15 is 0 Å². The van der Waals surface area contributed by atoms with Gasteiger partial charge in [0, 0.05) is 42.2 Å². The number of nitrogens with zero attached hydrogens (tertiary/aromatic N) is 3. The Bertz CT molecular complexity index is 997. The number of hydrogen-bond donors (Lipinski definition) is 2. The number of aromatic nitrogens is 2. The Morgan fingerprint density at radius 2 is 1.94 bits per heavy atom. The van der Waals surface area contributed by atoms with E-state index in [-0.39, 0.29) is 12.6 Å². The maximum absolute atomic E-state index is 9.59. The minimum Gasteiger partial charge on any atom is -0.493 e. The van der Waals surface area contributed by atoms with Gasteiger partial charge in [0.25, 0.3) is 0 Å². The van der Waals surface area contributed by atoms with Crippen LogP contribution in [0.5, 0.6) is 5.75 Å². The van der Waals surface area contributed by atoms with Crippen molar-refractivity contribution in [2.24, 2.45) is 5.92 Å². The molecule has 0 bridgehead atoms. The molecule has 2 heterocycles. The number of aliphatic hydroxyl groups excluding tert-OH is 1. The molecule has 3 aromatic rings. The lowest BCUT2D eigenvalue weighted by molar-refractivity contribution is 0.201. The molecule has 1 saturated heterocycles. The molecule has 182 valence electrons. The van der Waals surface area contributed by atoms with Gasteiger partial charge in [0.2, 0.25) is 11.8 Å². The summed E-state index contributed by atoms with van der Waals surface area (Å²) in [5.41, 5.74) is 2.11. The molecule has 0 aliphatic carbocycles. The molecule has 7 nitrogen and oxygen atoms in total. The normalized spacial score (nSPS) is 16.8. The van der Waals surface area contributed by atoms with Crippen LogP contribution in [0.3, 0.4) is 0 Å². The number of anilines is 1. The zero-order valence-electron chi connectivity index (χ0n) is 19.9. The summed E-state index contributed by atoms with van der Waals surface area (Å²) >= 11 is 1.71. The fourth-order valence-corrected chi connectivity index (χ4v) is 4.66. The molecule has 1 aliphatic heterocycles. The first-order valence-electron chi connectivity index (χ1n) is 11.9. The van der Waals surface area contributed by atoms with Crippen LogP contribution in [0.4, 0.5) is 5.69 Å². The predicted molar refractivity (Wildman–Crippen MR) is 137 cm³/mol. The fourth-order valence-electron chi connectivity index (χ4n) is 4.03. The molecule has 34 heavy (non-hydrogen) atoms. The summed E-state index contributed by atoms with van der Waals surface area (Å²) in [6, 6.07) is 18.7. The molecule has 2 N–H and O–H groups in total. The molecular formula is C26H34N4O3S. The Kier molecular flexibility index (Phi) is 8.85. The second-order valence-electron chi connectivity index (χ2n) is 8.89. The second-order valence-corrected chi connectivity index (χ2v) is 10.00. The van der Waals surface area contributed by atoms with Gasteiger partial charge in [0.1, 0.15) is 5.75 Å². The van der Waals surface area contributed by atoms with E-state index in [0.717, 1.165) is 36.6 Å². The highest BCUT2D eigenvalue weighted by Crippen LogP contribution is 2.26. The standard InChI is InChI=1S/C26H34N4O3S/c1-19(2)24(17-31)27-21-12-13-30(16-21)22-10-8-20(9-11-22)26-29-28-25(33-26)18-34-15-14-32-23-6-4-3-5-7-23/h3-11,19,21,24,27,31H,12-18H2,1-2H3. The number of para-hydroxylation sites is 1. The van der Waals surface area contributed by atoms with E-state index in [1.54, 1.807) is 11.8 Å². The number of benzene rings is 2. The van der Waals surface area contributed by atoms with Gasteiger partial charge in [-0.3, -0.25) is 0 Å². The van der Waals surface area contributed by atoms with Crippen LogP contribution in [0.1, 0.15) is 26.2 Å². The van der Waals surface area contributed by atoms with Crippen LogP contribution in [0.25, 0.3) is 11.5 Å². The number of ether oxygens (including phenoxy) is 1. The number of thioether (sulfide) groups is 1. The van der Waals surface area contributed by atoms with E-state index < -0.39 is 0 Å². The van der Waals surface area contributed by atoms with Crippen molar-refractivity contribution in [2.75, 3.05) is 37.0 Å². The minimum atomic E-state index is 0.147. The SMILES string of the molecule is CC(C)C(CO)NC1CCN(c2ccc(-c3nnc(CSCCOc4ccccc4)o3)cc2)C1. The summed E-state index contributed by atoms with van der Waals surface area (Å²) in [5.74, 6) is 3.99. The molecule has 1 aliphatic rings. The van der Waals surface area contributed by atoms with E-state index in [2.05, 4.69) is 46.4 Å². The van der Waals surface area contributed by atoms with Gasteiger partial charge in [-0.2, -0.15) is 0 Å². The molecule has 8 heteroatoms. The summed E-state index contributed by atoms with van der Waals surface area (Å²) in [7, 11) is 0. The molecule has 1 fully saturated rings. The third-order valence-electron chi connectivity index (χ3n) is 6.05. The zero-order valence-corrected chi connectivity index (χ0v) is 20.7. The fraction of sp³-hybridized carbons (Fsp3) is 0.462. The summed E-state index contributed by atoms with van der Waals surface area (Å²) < 4.78 is 11.6. The van der Waals surface area contributed by atoms with Gasteiger partial charge in [-0.15, -0.1) is 22.0 Å². The Morgan fingerprint density at radius 1 is 1.15 bits per heavy atom. The topological polar surface area (TPSA) is 83.7 Å². The Hall–Kier alpha value is -2.55. The quantitative estimate of drug-likeness (QED) is 0.371. The first kappa shape index (κ1) is 24.6. The van der Waals surface area contributed by atoms with Gasteiger partial charge in [0.15, 0.2) is 0 Å². The van der Waals surface area contributed by atoms with Crippen LogP contribution in [0.2, 0.25) is 0 Å². The number of hydrogen-bond acceptors (Lipinski definition) is 8. The lowest BCUT2D eigenvalue weighted by Crippen LogP contribution is -2.44. The molecule has 1 aromatic heterocycles. The Morgan fingerprint density at radius 3 is 2.68 bits per heavy atom. The minimum absolute atomic E-state index is 0.147. The predicted octanol–water partition coefficient (Wildman–Crippen LogP) is 4.23. The average Bonchev–Trinajstić information content (AvgIpc) is 3.53.